The number of nitrogens with zero attached hydrogens (tertiary/aromatic N) is 1. The molecular formula is C12H13INOS-. The summed E-state index contributed by atoms with van der Waals surface area (Å²) in [5, 5.41) is 1.20. The summed E-state index contributed by atoms with van der Waals surface area (Å²) in [6.07, 6.45) is 2.12. The van der Waals surface area contributed by atoms with Gasteiger partial charge < -0.3 is 0 Å². The Bertz CT molecular complexity index is 461. The van der Waals surface area contributed by atoms with Gasteiger partial charge in [-0.15, -0.1) is 0 Å². The van der Waals surface area contributed by atoms with E-state index in [0.29, 0.717) is 3.79 Å². The third-order valence-electron chi connectivity index (χ3n) is 2.15. The molecule has 1 heterocycles. The molecule has 0 aliphatic rings. The van der Waals surface area contributed by atoms with Gasteiger partial charge in [0.1, 0.15) is 0 Å². The van der Waals surface area contributed by atoms with Crippen molar-refractivity contribution in [3.8, 4) is 0 Å². The number of thiazole rings is 1. The molecule has 0 N–H and O–H groups in total. The van der Waals surface area contributed by atoms with E-state index in [1.165, 1.54) is 9.71 Å². The Balaban J connectivity index is 1.92. The minimum absolute atomic E-state index is 0.219. The number of alkyl halides is 1. The van der Waals surface area contributed by atoms with Crippen molar-refractivity contribution in [2.24, 2.45) is 0 Å². The number of carbonyl (C=O) groups is 1. The fourth-order valence-electron chi connectivity index (χ4n) is 1.44. The molecule has 1 aromatic carbocycles. The van der Waals surface area contributed by atoms with Gasteiger partial charge in [-0.2, -0.15) is 0 Å². The van der Waals surface area contributed by atoms with Crippen LogP contribution in [0.4, 0.5) is 0 Å². The van der Waals surface area contributed by atoms with Crippen molar-refractivity contribution < 1.29 is 26.0 Å². The standard InChI is InChI=1S/C12H13INOS/c1-9(15)13-8-4-7-12-14-10-5-2-3-6-11(10)16-12/h2-3,5-6H,4,7-8H2,1H3/q-1. The molecule has 2 rings (SSSR count). The van der Waals surface area contributed by atoms with Crippen molar-refractivity contribution in [2.45, 2.75) is 19.8 Å². The van der Waals surface area contributed by atoms with E-state index >= 15 is 0 Å². The minimum atomic E-state index is -0.219. The number of fused-ring (bicyclic) bond motifs is 1. The van der Waals surface area contributed by atoms with Gasteiger partial charge in [0, 0.05) is 0 Å². The quantitative estimate of drug-likeness (QED) is 0.327. The Morgan fingerprint density at radius 2 is 2.25 bits per heavy atom. The van der Waals surface area contributed by atoms with Crippen molar-refractivity contribution in [2.75, 3.05) is 4.43 Å². The molecule has 0 bridgehead atoms. The van der Waals surface area contributed by atoms with Crippen LogP contribution in [0, 0.1) is 0 Å². The molecule has 0 spiro atoms. The number of hydrogen-bond donors (Lipinski definition) is 0. The maximum absolute atomic E-state index is 10.8. The molecule has 4 heteroatoms. The zero-order valence-corrected chi connectivity index (χ0v) is 12.0. The van der Waals surface area contributed by atoms with Gasteiger partial charge in [-0.1, -0.05) is 0 Å². The molecule has 86 valence electrons. The molecule has 0 unspecified atom stereocenters. The third-order valence-corrected chi connectivity index (χ3v) is 5.62. The summed E-state index contributed by atoms with van der Waals surface area (Å²) in [5.41, 5.74) is 1.10. The van der Waals surface area contributed by atoms with E-state index in [4.69, 9.17) is 0 Å². The van der Waals surface area contributed by atoms with Crippen LogP contribution in [0.15, 0.2) is 24.3 Å². The van der Waals surface area contributed by atoms with E-state index in [1.807, 2.05) is 12.1 Å². The summed E-state index contributed by atoms with van der Waals surface area (Å²) < 4.78 is 2.74. The molecule has 0 saturated heterocycles. The topological polar surface area (TPSA) is 30.0 Å². The summed E-state index contributed by atoms with van der Waals surface area (Å²) >= 11 is 1.55. The number of benzene rings is 1. The number of halogens is 1. The van der Waals surface area contributed by atoms with Crippen LogP contribution < -0.4 is 21.2 Å². The molecule has 0 amide bonds. The number of para-hydroxylation sites is 1. The van der Waals surface area contributed by atoms with Crippen molar-refractivity contribution in [1.29, 1.82) is 0 Å². The summed E-state index contributed by atoms with van der Waals surface area (Å²) in [6, 6.07) is 8.23. The van der Waals surface area contributed by atoms with Crippen LogP contribution in [0.25, 0.3) is 10.2 Å². The van der Waals surface area contributed by atoms with Gasteiger partial charge in [0.05, 0.1) is 0 Å². The van der Waals surface area contributed by atoms with Crippen LogP contribution in [-0.4, -0.2) is 13.2 Å². The van der Waals surface area contributed by atoms with Crippen LogP contribution in [0.2, 0.25) is 0 Å². The predicted octanol–water partition coefficient (Wildman–Crippen LogP) is -0.136. The summed E-state index contributed by atoms with van der Waals surface area (Å²) in [7, 11) is 0. The fraction of sp³-hybridized carbons (Fsp3) is 0.333. The zero-order chi connectivity index (χ0) is 11.4. The second kappa shape index (κ2) is 5.72. The Morgan fingerprint density at radius 3 is 3.00 bits per heavy atom. The number of hydrogen-bond acceptors (Lipinski definition) is 3. The van der Waals surface area contributed by atoms with Crippen LogP contribution in [-0.2, 0) is 11.2 Å². The van der Waals surface area contributed by atoms with Gasteiger partial charge in [-0.05, 0) is 0 Å². The second-order valence-electron chi connectivity index (χ2n) is 3.47. The third kappa shape index (κ3) is 3.25. The average molecular weight is 346 g/mol. The molecule has 0 aliphatic heterocycles. The number of rotatable bonds is 5. The van der Waals surface area contributed by atoms with Crippen LogP contribution in [0.3, 0.4) is 0 Å². The normalized spacial score (nSPS) is 11.1. The van der Waals surface area contributed by atoms with Crippen molar-refractivity contribution in [3.63, 3.8) is 0 Å². The molecule has 2 nitrogen and oxygen atoms in total. The van der Waals surface area contributed by atoms with Crippen LogP contribution >= 0.6 is 11.3 Å². The van der Waals surface area contributed by atoms with E-state index in [1.54, 1.807) is 18.3 Å². The second-order valence-corrected chi connectivity index (χ2v) is 7.95. The molecule has 0 saturated carbocycles. The Labute approximate surface area is 109 Å². The first-order chi connectivity index (χ1) is 7.75. The van der Waals surface area contributed by atoms with Crippen molar-refractivity contribution in [3.05, 3.63) is 29.3 Å². The summed E-state index contributed by atoms with van der Waals surface area (Å²) in [4.78, 5) is 15.4. The van der Waals surface area contributed by atoms with Crippen LogP contribution in [0.5, 0.6) is 0 Å². The van der Waals surface area contributed by atoms with Gasteiger partial charge in [-0.25, -0.2) is 0 Å². The zero-order valence-electron chi connectivity index (χ0n) is 9.07. The Morgan fingerprint density at radius 1 is 1.44 bits per heavy atom. The molecule has 1 aromatic heterocycles. The molecular weight excluding hydrogens is 333 g/mol. The molecule has 0 aliphatic carbocycles. The van der Waals surface area contributed by atoms with E-state index in [0.717, 1.165) is 22.8 Å². The Hall–Kier alpha value is -0.490. The van der Waals surface area contributed by atoms with Crippen molar-refractivity contribution in [1.82, 2.24) is 4.98 Å². The van der Waals surface area contributed by atoms with E-state index in [2.05, 4.69) is 17.1 Å². The van der Waals surface area contributed by atoms with E-state index in [9.17, 15) is 4.79 Å². The number of aryl methyl sites for hydroxylation is 1. The number of carbonyl (C=O) groups excluding carboxylic acids is 1. The van der Waals surface area contributed by atoms with Gasteiger partial charge >= 0.3 is 110 Å². The first-order valence-corrected chi connectivity index (χ1v) is 8.62. The molecule has 2 aromatic rings. The summed E-state index contributed by atoms with van der Waals surface area (Å²) in [6.45, 7) is 1.70. The van der Waals surface area contributed by atoms with Crippen molar-refractivity contribution >= 4 is 25.3 Å². The predicted molar refractivity (Wildman–Crippen MR) is 63.5 cm³/mol. The average Bonchev–Trinajstić information content (AvgIpc) is 2.66. The first kappa shape index (κ1) is 12.0. The van der Waals surface area contributed by atoms with E-state index in [-0.39, 0.29) is 21.2 Å². The van der Waals surface area contributed by atoms with Gasteiger partial charge in [0.15, 0.2) is 0 Å². The molecule has 0 radical (unpaired) electrons. The number of aromatic nitrogens is 1. The maximum atomic E-state index is 10.8. The van der Waals surface area contributed by atoms with Gasteiger partial charge in [-0.3, -0.25) is 0 Å². The molecule has 16 heavy (non-hydrogen) atoms. The first-order valence-electron chi connectivity index (χ1n) is 5.20. The monoisotopic (exact) mass is 346 g/mol. The van der Waals surface area contributed by atoms with E-state index < -0.39 is 0 Å². The molecule has 0 fully saturated rings. The SMILES string of the molecule is CC(=O)[I-]CCCc1nc2ccccc2s1. The Kier molecular flexibility index (Phi) is 4.29. The summed E-state index contributed by atoms with van der Waals surface area (Å²) in [5.74, 6) is 0. The molecule has 0 atom stereocenters. The fourth-order valence-corrected chi connectivity index (χ4v) is 3.98. The van der Waals surface area contributed by atoms with Gasteiger partial charge in [0.25, 0.3) is 0 Å². The van der Waals surface area contributed by atoms with Crippen LogP contribution in [0.1, 0.15) is 18.4 Å². The van der Waals surface area contributed by atoms with Gasteiger partial charge in [0.2, 0.25) is 0 Å².